The Morgan fingerprint density at radius 2 is 2.15 bits per heavy atom. The topological polar surface area (TPSA) is 30.0 Å². The number of nitrogens with zero attached hydrogens (tertiary/aromatic N) is 1. The van der Waals surface area contributed by atoms with Crippen LogP contribution >= 0.6 is 0 Å². The third-order valence-electron chi connectivity index (χ3n) is 1.40. The zero-order chi connectivity index (χ0) is 10.1. The summed E-state index contributed by atoms with van der Waals surface area (Å²) in [5.74, 6) is -6.30. The number of rotatable bonds is 2. The number of aromatic nitrogens is 1. The first-order valence-corrected chi connectivity index (χ1v) is 3.46. The van der Waals surface area contributed by atoms with Crippen LogP contribution in [0.2, 0.25) is 0 Å². The fourth-order valence-electron chi connectivity index (χ4n) is 0.792. The molecule has 5 heteroatoms. The number of ketones is 1. The van der Waals surface area contributed by atoms with E-state index in [9.17, 15) is 18.0 Å². The SMILES string of the molecule is CC(F)(F)C(=O)c1cccnc1F. The van der Waals surface area contributed by atoms with Gasteiger partial charge in [-0.2, -0.15) is 13.2 Å². The van der Waals surface area contributed by atoms with Crippen LogP contribution in [0, 0.1) is 5.95 Å². The maximum atomic E-state index is 12.7. The Morgan fingerprint density at radius 3 is 2.62 bits per heavy atom. The highest BCUT2D eigenvalue weighted by atomic mass is 19.3. The molecule has 13 heavy (non-hydrogen) atoms. The van der Waals surface area contributed by atoms with Gasteiger partial charge in [0.1, 0.15) is 0 Å². The standard InChI is InChI=1S/C8H6F3NO/c1-8(10,11)6(13)5-3-2-4-12-7(5)9/h2-4H,1H3. The summed E-state index contributed by atoms with van der Waals surface area (Å²) >= 11 is 0. The van der Waals surface area contributed by atoms with Gasteiger partial charge in [-0.15, -0.1) is 0 Å². The molecule has 70 valence electrons. The summed E-state index contributed by atoms with van der Waals surface area (Å²) in [5, 5.41) is 0. The third kappa shape index (κ3) is 2.05. The molecule has 0 radical (unpaired) electrons. The zero-order valence-electron chi connectivity index (χ0n) is 6.72. The van der Waals surface area contributed by atoms with Crippen molar-refractivity contribution >= 4 is 5.78 Å². The van der Waals surface area contributed by atoms with Gasteiger partial charge in [0.2, 0.25) is 11.7 Å². The Kier molecular flexibility index (Phi) is 2.36. The summed E-state index contributed by atoms with van der Waals surface area (Å²) in [7, 11) is 0. The number of hydrogen-bond acceptors (Lipinski definition) is 2. The Labute approximate surface area is 72.4 Å². The number of hydrogen-bond donors (Lipinski definition) is 0. The van der Waals surface area contributed by atoms with Crippen LogP contribution in [0.25, 0.3) is 0 Å². The molecule has 0 aliphatic heterocycles. The fourth-order valence-corrected chi connectivity index (χ4v) is 0.792. The van der Waals surface area contributed by atoms with Gasteiger partial charge in [0.25, 0.3) is 0 Å². The van der Waals surface area contributed by atoms with Crippen LogP contribution in [0.1, 0.15) is 17.3 Å². The molecule has 1 heterocycles. The van der Waals surface area contributed by atoms with Crippen LogP contribution in [0.3, 0.4) is 0 Å². The summed E-state index contributed by atoms with van der Waals surface area (Å²) in [6.07, 6.45) is 1.08. The van der Waals surface area contributed by atoms with E-state index in [1.54, 1.807) is 0 Å². The Bertz CT molecular complexity index is 332. The predicted molar refractivity (Wildman–Crippen MR) is 39.1 cm³/mol. The molecule has 0 fully saturated rings. The van der Waals surface area contributed by atoms with E-state index in [2.05, 4.69) is 4.98 Å². The van der Waals surface area contributed by atoms with Crippen LogP contribution in [0.4, 0.5) is 13.2 Å². The Balaban J connectivity index is 3.10. The summed E-state index contributed by atoms with van der Waals surface area (Å²) in [6.45, 7) is 0.418. The third-order valence-corrected chi connectivity index (χ3v) is 1.40. The molecule has 0 aromatic carbocycles. The first kappa shape index (κ1) is 9.70. The molecule has 1 aromatic heterocycles. The van der Waals surface area contributed by atoms with Gasteiger partial charge in [0.05, 0.1) is 5.56 Å². The van der Waals surface area contributed by atoms with Crippen molar-refractivity contribution in [1.29, 1.82) is 0 Å². The minimum atomic E-state index is -3.57. The van der Waals surface area contributed by atoms with Crippen LogP contribution in [-0.4, -0.2) is 16.7 Å². The molecule has 0 aliphatic carbocycles. The van der Waals surface area contributed by atoms with Crippen molar-refractivity contribution in [1.82, 2.24) is 4.98 Å². The van der Waals surface area contributed by atoms with E-state index < -0.39 is 23.2 Å². The number of alkyl halides is 2. The fraction of sp³-hybridized carbons (Fsp3) is 0.250. The largest absolute Gasteiger partial charge is 0.307 e. The number of carbonyl (C=O) groups is 1. The lowest BCUT2D eigenvalue weighted by Gasteiger charge is -2.08. The van der Waals surface area contributed by atoms with E-state index in [4.69, 9.17) is 0 Å². The van der Waals surface area contributed by atoms with E-state index in [1.165, 1.54) is 6.07 Å². The summed E-state index contributed by atoms with van der Waals surface area (Å²) in [5.41, 5.74) is -0.685. The Morgan fingerprint density at radius 1 is 1.54 bits per heavy atom. The van der Waals surface area contributed by atoms with Crippen LogP contribution in [-0.2, 0) is 0 Å². The lowest BCUT2D eigenvalue weighted by atomic mass is 10.1. The maximum Gasteiger partial charge on any atom is 0.307 e. The molecular weight excluding hydrogens is 183 g/mol. The normalized spacial score (nSPS) is 11.4. The van der Waals surface area contributed by atoms with Gasteiger partial charge in [-0.05, 0) is 12.1 Å². The summed E-state index contributed by atoms with van der Waals surface area (Å²) in [4.78, 5) is 13.9. The van der Waals surface area contributed by atoms with E-state index >= 15 is 0 Å². The van der Waals surface area contributed by atoms with Crippen molar-refractivity contribution in [3.8, 4) is 0 Å². The molecule has 0 amide bonds. The van der Waals surface area contributed by atoms with Crippen LogP contribution in [0.15, 0.2) is 18.3 Å². The molecule has 0 N–H and O–H groups in total. The smallest absolute Gasteiger partial charge is 0.287 e. The van der Waals surface area contributed by atoms with Gasteiger partial charge in [-0.1, -0.05) is 0 Å². The molecule has 0 saturated heterocycles. The van der Waals surface area contributed by atoms with E-state index in [-0.39, 0.29) is 0 Å². The lowest BCUT2D eigenvalue weighted by Crippen LogP contribution is -2.25. The van der Waals surface area contributed by atoms with Gasteiger partial charge in [0, 0.05) is 13.1 Å². The highest BCUT2D eigenvalue weighted by molar-refractivity contribution is 6.00. The minimum absolute atomic E-state index is 0.418. The highest BCUT2D eigenvalue weighted by Gasteiger charge is 2.35. The second-order valence-electron chi connectivity index (χ2n) is 2.56. The highest BCUT2D eigenvalue weighted by Crippen LogP contribution is 2.19. The van der Waals surface area contributed by atoms with Gasteiger partial charge in [-0.25, -0.2) is 4.98 Å². The molecule has 0 unspecified atom stereocenters. The zero-order valence-corrected chi connectivity index (χ0v) is 6.72. The Hall–Kier alpha value is -1.39. The lowest BCUT2D eigenvalue weighted by molar-refractivity contribution is 0.0216. The first-order valence-electron chi connectivity index (χ1n) is 3.46. The molecular formula is C8H6F3NO. The monoisotopic (exact) mass is 189 g/mol. The van der Waals surface area contributed by atoms with E-state index in [0.717, 1.165) is 12.3 Å². The van der Waals surface area contributed by atoms with Crippen molar-refractivity contribution in [3.05, 3.63) is 29.8 Å². The quantitative estimate of drug-likeness (QED) is 0.526. The summed E-state index contributed by atoms with van der Waals surface area (Å²) in [6, 6.07) is 2.20. The van der Waals surface area contributed by atoms with Crippen molar-refractivity contribution < 1.29 is 18.0 Å². The second-order valence-corrected chi connectivity index (χ2v) is 2.56. The van der Waals surface area contributed by atoms with E-state index in [1.807, 2.05) is 0 Å². The number of carbonyl (C=O) groups excluding carboxylic acids is 1. The average molecular weight is 189 g/mol. The first-order chi connectivity index (χ1) is 5.93. The molecule has 0 saturated carbocycles. The average Bonchev–Trinajstić information content (AvgIpc) is 2.02. The number of Topliss-reactive ketones (excluding diaryl/α,β-unsaturated/α-hetero) is 1. The molecule has 0 bridgehead atoms. The molecule has 1 aromatic rings. The van der Waals surface area contributed by atoms with Crippen molar-refractivity contribution in [2.45, 2.75) is 12.8 Å². The van der Waals surface area contributed by atoms with E-state index in [0.29, 0.717) is 6.92 Å². The molecule has 2 nitrogen and oxygen atoms in total. The number of pyridine rings is 1. The molecule has 0 atom stereocenters. The summed E-state index contributed by atoms with van der Waals surface area (Å²) < 4.78 is 37.6. The molecule has 0 aliphatic rings. The van der Waals surface area contributed by atoms with Gasteiger partial charge >= 0.3 is 5.92 Å². The minimum Gasteiger partial charge on any atom is -0.287 e. The molecule has 1 rings (SSSR count). The number of halogens is 3. The maximum absolute atomic E-state index is 12.7. The van der Waals surface area contributed by atoms with Crippen LogP contribution < -0.4 is 0 Å². The van der Waals surface area contributed by atoms with Crippen molar-refractivity contribution in [2.24, 2.45) is 0 Å². The molecule has 0 spiro atoms. The van der Waals surface area contributed by atoms with Gasteiger partial charge < -0.3 is 0 Å². The van der Waals surface area contributed by atoms with Crippen LogP contribution in [0.5, 0.6) is 0 Å². The van der Waals surface area contributed by atoms with Gasteiger partial charge in [-0.3, -0.25) is 4.79 Å². The second kappa shape index (κ2) is 3.16. The van der Waals surface area contributed by atoms with Gasteiger partial charge in [0.15, 0.2) is 0 Å². The van der Waals surface area contributed by atoms with Crippen molar-refractivity contribution in [2.75, 3.05) is 0 Å². The predicted octanol–water partition coefficient (Wildman–Crippen LogP) is 2.06. The van der Waals surface area contributed by atoms with Crippen molar-refractivity contribution in [3.63, 3.8) is 0 Å².